The van der Waals surface area contributed by atoms with Crippen LogP contribution in [-0.4, -0.2) is 28.7 Å². The zero-order valence-electron chi connectivity index (χ0n) is 7.48. The zero-order chi connectivity index (χ0) is 10.7. The molecule has 1 aromatic heterocycles. The number of sulfonamides is 1. The maximum absolute atomic E-state index is 11.7. The van der Waals surface area contributed by atoms with E-state index in [2.05, 4.69) is 20.2 Å². The van der Waals surface area contributed by atoms with Gasteiger partial charge in [0.25, 0.3) is 10.0 Å². The number of nitrogens with one attached hydrogen (secondary N) is 1. The van der Waals surface area contributed by atoms with Crippen molar-refractivity contribution >= 4 is 10.0 Å². The number of rotatable bonds is 3. The maximum Gasteiger partial charge on any atom is 0.277 e. The highest BCUT2D eigenvalue weighted by molar-refractivity contribution is 7.92. The molecule has 1 heterocycles. The van der Waals surface area contributed by atoms with Crippen molar-refractivity contribution in [3.63, 3.8) is 0 Å². The first-order valence-corrected chi connectivity index (χ1v) is 5.48. The van der Waals surface area contributed by atoms with E-state index in [9.17, 15) is 8.42 Å². The van der Waals surface area contributed by atoms with Gasteiger partial charge in [-0.05, 0) is 17.3 Å². The van der Waals surface area contributed by atoms with Crippen LogP contribution in [0.5, 0.6) is 0 Å². The summed E-state index contributed by atoms with van der Waals surface area (Å²) in [7, 11) is -3.64. The average Bonchev–Trinajstić information content (AvgIpc) is 2.71. The lowest BCUT2D eigenvalue weighted by atomic mass is 10.4. The molecular weight excluding hydrogens is 218 g/mol. The van der Waals surface area contributed by atoms with Gasteiger partial charge in [-0.3, -0.25) is 0 Å². The molecule has 0 bridgehead atoms. The molecule has 7 nitrogen and oxygen atoms in total. The van der Waals surface area contributed by atoms with E-state index in [1.54, 1.807) is 18.2 Å². The Balaban J connectivity index is 2.29. The molecule has 0 spiro atoms. The predicted molar refractivity (Wildman–Crippen MR) is 50.8 cm³/mol. The van der Waals surface area contributed by atoms with Gasteiger partial charge in [-0.25, -0.2) is 0 Å². The van der Waals surface area contributed by atoms with Crippen LogP contribution in [0.3, 0.4) is 0 Å². The van der Waals surface area contributed by atoms with Crippen molar-refractivity contribution in [1.82, 2.24) is 20.3 Å². The normalized spacial score (nSPS) is 11.2. The molecule has 78 valence electrons. The van der Waals surface area contributed by atoms with Crippen molar-refractivity contribution in [1.29, 1.82) is 0 Å². The van der Waals surface area contributed by atoms with Gasteiger partial charge in [0.1, 0.15) is 0 Å². The van der Waals surface area contributed by atoms with Gasteiger partial charge in [0.2, 0.25) is 0 Å². The van der Waals surface area contributed by atoms with Crippen molar-refractivity contribution in [3.05, 3.63) is 36.7 Å². The molecular formula is C7H7N5O2S. The van der Waals surface area contributed by atoms with Gasteiger partial charge < -0.3 is 0 Å². The minimum atomic E-state index is -3.64. The summed E-state index contributed by atoms with van der Waals surface area (Å²) in [4.78, 5) is 3.04. The Bertz CT molecular complexity index is 522. The highest BCUT2D eigenvalue weighted by atomic mass is 32.2. The standard InChI is InChI=1S/C7H7N5O2S/c13-15(14,7-4-2-1-3-5-7)11-12-9-6-8-10-12/h1-6,11H. The van der Waals surface area contributed by atoms with E-state index in [-0.39, 0.29) is 4.90 Å². The number of tetrazole rings is 1. The fourth-order valence-electron chi connectivity index (χ4n) is 0.969. The number of hydrogen-bond acceptors (Lipinski definition) is 5. The van der Waals surface area contributed by atoms with E-state index in [4.69, 9.17) is 0 Å². The van der Waals surface area contributed by atoms with E-state index < -0.39 is 10.0 Å². The van der Waals surface area contributed by atoms with Crippen molar-refractivity contribution in [2.75, 3.05) is 4.83 Å². The van der Waals surface area contributed by atoms with Crippen LogP contribution in [0.1, 0.15) is 0 Å². The number of nitrogens with zero attached hydrogens (tertiary/aromatic N) is 4. The molecule has 0 saturated heterocycles. The number of aromatic nitrogens is 4. The van der Waals surface area contributed by atoms with Gasteiger partial charge in [-0.1, -0.05) is 23.1 Å². The Morgan fingerprint density at radius 3 is 2.53 bits per heavy atom. The molecule has 0 amide bonds. The Morgan fingerprint density at radius 2 is 1.93 bits per heavy atom. The molecule has 1 aromatic carbocycles. The molecule has 15 heavy (non-hydrogen) atoms. The molecule has 0 fully saturated rings. The first kappa shape index (κ1) is 9.59. The third kappa shape index (κ3) is 2.10. The number of hydrogen-bond donors (Lipinski definition) is 1. The first-order valence-electron chi connectivity index (χ1n) is 3.99. The Labute approximate surface area is 85.8 Å². The summed E-state index contributed by atoms with van der Waals surface area (Å²) in [6.45, 7) is 0. The predicted octanol–water partition coefficient (Wildman–Crippen LogP) is -0.395. The summed E-state index contributed by atoms with van der Waals surface area (Å²) in [6.07, 6.45) is 1.13. The van der Waals surface area contributed by atoms with Crippen LogP contribution in [-0.2, 0) is 10.0 Å². The van der Waals surface area contributed by atoms with E-state index in [0.29, 0.717) is 0 Å². The second kappa shape index (κ2) is 3.65. The Morgan fingerprint density at radius 1 is 1.20 bits per heavy atom. The van der Waals surface area contributed by atoms with Crippen LogP contribution >= 0.6 is 0 Å². The molecule has 0 aliphatic heterocycles. The van der Waals surface area contributed by atoms with E-state index >= 15 is 0 Å². The van der Waals surface area contributed by atoms with E-state index in [0.717, 1.165) is 11.2 Å². The van der Waals surface area contributed by atoms with Crippen molar-refractivity contribution < 1.29 is 8.42 Å². The lowest BCUT2D eigenvalue weighted by Crippen LogP contribution is -2.25. The van der Waals surface area contributed by atoms with E-state index in [1.807, 2.05) is 0 Å². The molecule has 0 aliphatic rings. The van der Waals surface area contributed by atoms with Crippen LogP contribution < -0.4 is 4.83 Å². The summed E-state index contributed by atoms with van der Waals surface area (Å²) in [5.74, 6) is 0. The first-order chi connectivity index (χ1) is 7.18. The second-order valence-electron chi connectivity index (χ2n) is 2.63. The SMILES string of the molecule is O=S(=O)(Nn1ncnn1)c1ccccc1. The summed E-state index contributed by atoms with van der Waals surface area (Å²) in [6, 6.07) is 7.93. The van der Waals surface area contributed by atoms with Crippen LogP contribution in [0.25, 0.3) is 0 Å². The molecule has 0 saturated carbocycles. The fourth-order valence-corrected chi connectivity index (χ4v) is 1.89. The fraction of sp³-hybridized carbons (Fsp3) is 0. The van der Waals surface area contributed by atoms with Crippen LogP contribution in [0.4, 0.5) is 0 Å². The summed E-state index contributed by atoms with van der Waals surface area (Å²) in [5, 5.41) is 10.3. The monoisotopic (exact) mass is 225 g/mol. The summed E-state index contributed by atoms with van der Waals surface area (Å²) < 4.78 is 23.3. The van der Waals surface area contributed by atoms with Gasteiger partial charge in [-0.15, -0.1) is 10.2 Å². The Hall–Kier alpha value is -1.96. The van der Waals surface area contributed by atoms with Crippen molar-refractivity contribution in [3.8, 4) is 0 Å². The zero-order valence-corrected chi connectivity index (χ0v) is 8.29. The number of benzene rings is 1. The lowest BCUT2D eigenvalue weighted by Gasteiger charge is -2.04. The van der Waals surface area contributed by atoms with Crippen LogP contribution in [0.15, 0.2) is 41.6 Å². The highest BCUT2D eigenvalue weighted by Gasteiger charge is 2.13. The topological polar surface area (TPSA) is 89.8 Å². The molecule has 0 unspecified atom stereocenters. The van der Waals surface area contributed by atoms with Crippen LogP contribution in [0, 0.1) is 0 Å². The molecule has 0 atom stereocenters. The lowest BCUT2D eigenvalue weighted by molar-refractivity contribution is 0.580. The van der Waals surface area contributed by atoms with Crippen molar-refractivity contribution in [2.45, 2.75) is 4.90 Å². The van der Waals surface area contributed by atoms with Gasteiger partial charge in [0, 0.05) is 0 Å². The second-order valence-corrected chi connectivity index (χ2v) is 4.29. The molecule has 8 heteroatoms. The highest BCUT2D eigenvalue weighted by Crippen LogP contribution is 2.07. The van der Waals surface area contributed by atoms with Gasteiger partial charge in [-0.2, -0.15) is 13.2 Å². The van der Waals surface area contributed by atoms with Gasteiger partial charge in [0.05, 0.1) is 4.90 Å². The third-order valence-electron chi connectivity index (χ3n) is 1.60. The van der Waals surface area contributed by atoms with Crippen molar-refractivity contribution in [2.24, 2.45) is 0 Å². The minimum Gasteiger partial charge on any atom is -0.200 e. The smallest absolute Gasteiger partial charge is 0.200 e. The maximum atomic E-state index is 11.7. The van der Waals surface area contributed by atoms with Crippen LogP contribution in [0.2, 0.25) is 0 Å². The average molecular weight is 225 g/mol. The molecule has 0 radical (unpaired) electrons. The summed E-state index contributed by atoms with van der Waals surface area (Å²) in [5.41, 5.74) is 0. The molecule has 0 aliphatic carbocycles. The molecule has 1 N–H and O–H groups in total. The Kier molecular flexibility index (Phi) is 2.34. The minimum absolute atomic E-state index is 0.141. The molecule has 2 rings (SSSR count). The largest absolute Gasteiger partial charge is 0.277 e. The third-order valence-corrected chi connectivity index (χ3v) is 2.90. The van der Waals surface area contributed by atoms with Gasteiger partial charge in [0.15, 0.2) is 6.33 Å². The van der Waals surface area contributed by atoms with Gasteiger partial charge >= 0.3 is 0 Å². The quantitative estimate of drug-likeness (QED) is 0.768. The summed E-state index contributed by atoms with van der Waals surface area (Å²) >= 11 is 0. The molecule has 2 aromatic rings. The van der Waals surface area contributed by atoms with E-state index in [1.165, 1.54) is 12.1 Å².